The summed E-state index contributed by atoms with van der Waals surface area (Å²) < 4.78 is 0. The van der Waals surface area contributed by atoms with Gasteiger partial charge in [0.25, 0.3) is 0 Å². The standard InChI is InChI=1S/C14H23N3OS.2ClH/c1-12(10-15-2)14(18)17-7-5-16(6-8-17)11-13-4-3-9-19-13;;/h3-4,9,12,15H,5-8,10-11H2,1-2H3;2*1H. The molecule has 21 heavy (non-hydrogen) atoms. The van der Waals surface area contributed by atoms with Crippen molar-refractivity contribution in [3.8, 4) is 0 Å². The maximum Gasteiger partial charge on any atom is 0.226 e. The molecule has 1 aromatic rings. The number of hydrogen-bond acceptors (Lipinski definition) is 4. The molecule has 0 saturated carbocycles. The first-order chi connectivity index (χ1) is 9.20. The van der Waals surface area contributed by atoms with E-state index in [1.54, 1.807) is 11.3 Å². The highest BCUT2D eigenvalue weighted by atomic mass is 35.5. The van der Waals surface area contributed by atoms with Crippen LogP contribution in [0, 0.1) is 5.92 Å². The van der Waals surface area contributed by atoms with Crippen molar-refractivity contribution < 1.29 is 4.79 Å². The summed E-state index contributed by atoms with van der Waals surface area (Å²) in [5.74, 6) is 0.360. The molecular formula is C14H25Cl2N3OS. The van der Waals surface area contributed by atoms with E-state index in [2.05, 4.69) is 27.7 Å². The fraction of sp³-hybridized carbons (Fsp3) is 0.643. The van der Waals surface area contributed by atoms with Gasteiger partial charge in [0.1, 0.15) is 0 Å². The van der Waals surface area contributed by atoms with Crippen molar-refractivity contribution in [2.75, 3.05) is 39.8 Å². The van der Waals surface area contributed by atoms with Crippen molar-refractivity contribution >= 4 is 42.1 Å². The van der Waals surface area contributed by atoms with Crippen molar-refractivity contribution in [3.63, 3.8) is 0 Å². The highest BCUT2D eigenvalue weighted by Crippen LogP contribution is 2.14. The van der Waals surface area contributed by atoms with Gasteiger partial charge in [-0.1, -0.05) is 13.0 Å². The van der Waals surface area contributed by atoms with E-state index in [0.717, 1.165) is 39.3 Å². The fourth-order valence-electron chi connectivity index (χ4n) is 2.45. The third-order valence-electron chi connectivity index (χ3n) is 3.58. The van der Waals surface area contributed by atoms with Crippen LogP contribution in [0.4, 0.5) is 0 Å². The molecule has 0 bridgehead atoms. The van der Waals surface area contributed by atoms with Crippen molar-refractivity contribution in [3.05, 3.63) is 22.4 Å². The molecule has 0 aliphatic carbocycles. The van der Waals surface area contributed by atoms with Gasteiger partial charge >= 0.3 is 0 Å². The molecule has 2 heterocycles. The van der Waals surface area contributed by atoms with Crippen LogP contribution >= 0.6 is 36.2 Å². The summed E-state index contributed by atoms with van der Waals surface area (Å²) in [5.41, 5.74) is 0. The van der Waals surface area contributed by atoms with Gasteiger partial charge in [-0.25, -0.2) is 0 Å². The molecule has 1 fully saturated rings. The summed E-state index contributed by atoms with van der Waals surface area (Å²) in [6.07, 6.45) is 0. The first kappa shape index (κ1) is 20.7. The molecule has 1 N–H and O–H groups in total. The molecule has 1 saturated heterocycles. The van der Waals surface area contributed by atoms with E-state index < -0.39 is 0 Å². The Morgan fingerprint density at radius 3 is 2.52 bits per heavy atom. The van der Waals surface area contributed by atoms with E-state index in [1.165, 1.54) is 4.88 Å². The molecule has 1 amide bonds. The SMILES string of the molecule is CNCC(C)C(=O)N1CCN(Cc2cccs2)CC1.Cl.Cl. The van der Waals surface area contributed by atoms with E-state index in [0.29, 0.717) is 0 Å². The van der Waals surface area contributed by atoms with Crippen LogP contribution in [0.15, 0.2) is 17.5 Å². The lowest BCUT2D eigenvalue weighted by Gasteiger charge is -2.35. The number of halogens is 2. The number of amides is 1. The number of piperazine rings is 1. The van der Waals surface area contributed by atoms with Gasteiger partial charge < -0.3 is 10.2 Å². The predicted molar refractivity (Wildman–Crippen MR) is 93.8 cm³/mol. The van der Waals surface area contributed by atoms with Crippen LogP contribution in [0.5, 0.6) is 0 Å². The molecule has 1 aliphatic heterocycles. The number of thiophene rings is 1. The fourth-order valence-corrected chi connectivity index (χ4v) is 3.20. The number of carbonyl (C=O) groups is 1. The topological polar surface area (TPSA) is 35.6 Å². The van der Waals surface area contributed by atoms with Gasteiger partial charge in [-0.3, -0.25) is 9.69 Å². The van der Waals surface area contributed by atoms with Gasteiger partial charge in [0.2, 0.25) is 5.91 Å². The summed E-state index contributed by atoms with van der Waals surface area (Å²) in [7, 11) is 1.89. The monoisotopic (exact) mass is 353 g/mol. The van der Waals surface area contributed by atoms with Gasteiger partial charge in [-0.2, -0.15) is 0 Å². The molecule has 1 unspecified atom stereocenters. The number of rotatable bonds is 5. The normalized spacial score (nSPS) is 16.8. The van der Waals surface area contributed by atoms with Gasteiger partial charge in [-0.05, 0) is 18.5 Å². The minimum absolute atomic E-state index is 0. The van der Waals surface area contributed by atoms with Crippen molar-refractivity contribution in [1.29, 1.82) is 0 Å². The Hall–Kier alpha value is -0.330. The van der Waals surface area contributed by atoms with Crippen molar-refractivity contribution in [2.24, 2.45) is 5.92 Å². The molecular weight excluding hydrogens is 329 g/mol. The number of nitrogens with zero attached hydrogens (tertiary/aromatic N) is 2. The highest BCUT2D eigenvalue weighted by Gasteiger charge is 2.24. The molecule has 4 nitrogen and oxygen atoms in total. The van der Waals surface area contributed by atoms with E-state index in [1.807, 2.05) is 18.9 Å². The summed E-state index contributed by atoms with van der Waals surface area (Å²) in [6, 6.07) is 4.27. The van der Waals surface area contributed by atoms with Crippen LogP contribution in [-0.4, -0.2) is 55.5 Å². The predicted octanol–water partition coefficient (Wildman–Crippen LogP) is 2.09. The largest absolute Gasteiger partial charge is 0.340 e. The molecule has 0 spiro atoms. The number of hydrogen-bond donors (Lipinski definition) is 1. The molecule has 1 atom stereocenters. The van der Waals surface area contributed by atoms with E-state index in [-0.39, 0.29) is 36.6 Å². The lowest BCUT2D eigenvalue weighted by molar-refractivity contribution is -0.136. The van der Waals surface area contributed by atoms with Gasteiger partial charge in [-0.15, -0.1) is 36.2 Å². The Morgan fingerprint density at radius 1 is 1.33 bits per heavy atom. The van der Waals surface area contributed by atoms with Gasteiger partial charge in [0, 0.05) is 50.1 Å². The van der Waals surface area contributed by atoms with Crippen LogP contribution in [0.1, 0.15) is 11.8 Å². The molecule has 7 heteroatoms. The van der Waals surface area contributed by atoms with E-state index in [9.17, 15) is 4.79 Å². The third-order valence-corrected chi connectivity index (χ3v) is 4.44. The smallest absolute Gasteiger partial charge is 0.226 e. The second-order valence-corrected chi connectivity index (χ2v) is 6.17. The van der Waals surface area contributed by atoms with Crippen LogP contribution < -0.4 is 5.32 Å². The summed E-state index contributed by atoms with van der Waals surface area (Å²) in [4.78, 5) is 18.0. The molecule has 122 valence electrons. The third kappa shape index (κ3) is 6.12. The van der Waals surface area contributed by atoms with Crippen molar-refractivity contribution in [1.82, 2.24) is 15.1 Å². The van der Waals surface area contributed by atoms with Crippen LogP contribution in [0.3, 0.4) is 0 Å². The Kier molecular flexibility index (Phi) is 10.2. The Morgan fingerprint density at radius 2 is 2.00 bits per heavy atom. The maximum absolute atomic E-state index is 12.2. The Labute approximate surface area is 143 Å². The zero-order valence-corrected chi connectivity index (χ0v) is 15.0. The van der Waals surface area contributed by atoms with Gasteiger partial charge in [0.05, 0.1) is 0 Å². The number of nitrogens with one attached hydrogen (secondary N) is 1. The minimum atomic E-state index is 0. The molecule has 0 radical (unpaired) electrons. The van der Waals surface area contributed by atoms with E-state index >= 15 is 0 Å². The summed E-state index contributed by atoms with van der Waals surface area (Å²) >= 11 is 1.80. The lowest BCUT2D eigenvalue weighted by Crippen LogP contribution is -2.50. The lowest BCUT2D eigenvalue weighted by atomic mass is 10.1. The first-order valence-corrected chi connectivity index (χ1v) is 7.77. The molecule has 2 rings (SSSR count). The second-order valence-electron chi connectivity index (χ2n) is 5.14. The first-order valence-electron chi connectivity index (χ1n) is 6.89. The Balaban J connectivity index is 0.00000200. The average Bonchev–Trinajstić information content (AvgIpc) is 2.92. The average molecular weight is 354 g/mol. The molecule has 0 aromatic carbocycles. The second kappa shape index (κ2) is 10.4. The minimum Gasteiger partial charge on any atom is -0.340 e. The van der Waals surface area contributed by atoms with Crippen LogP contribution in [0.25, 0.3) is 0 Å². The number of carbonyl (C=O) groups excluding carboxylic acids is 1. The quantitative estimate of drug-likeness (QED) is 0.880. The zero-order valence-electron chi connectivity index (χ0n) is 12.6. The maximum atomic E-state index is 12.2. The van der Waals surface area contributed by atoms with Crippen LogP contribution in [-0.2, 0) is 11.3 Å². The summed E-state index contributed by atoms with van der Waals surface area (Å²) in [5, 5.41) is 5.19. The Bertz CT molecular complexity index is 395. The van der Waals surface area contributed by atoms with Crippen LogP contribution in [0.2, 0.25) is 0 Å². The molecule has 1 aromatic heterocycles. The van der Waals surface area contributed by atoms with Crippen molar-refractivity contribution in [2.45, 2.75) is 13.5 Å². The highest BCUT2D eigenvalue weighted by molar-refractivity contribution is 7.09. The molecule has 1 aliphatic rings. The van der Waals surface area contributed by atoms with Gasteiger partial charge in [0.15, 0.2) is 0 Å². The zero-order chi connectivity index (χ0) is 13.7. The van der Waals surface area contributed by atoms with E-state index in [4.69, 9.17) is 0 Å². The summed E-state index contributed by atoms with van der Waals surface area (Å²) in [6.45, 7) is 7.46.